The monoisotopic (exact) mass is 465 g/mol. The first-order valence-corrected chi connectivity index (χ1v) is 8.11. The van der Waals surface area contributed by atoms with Crippen molar-refractivity contribution in [1.29, 1.82) is 0 Å². The van der Waals surface area contributed by atoms with Crippen molar-refractivity contribution in [2.45, 2.75) is 7.04 Å². The number of nitrogens with zero attached hydrogens (tertiary/aromatic N) is 1. The summed E-state index contributed by atoms with van der Waals surface area (Å²) in [6.45, 7) is -0.202. The van der Waals surface area contributed by atoms with E-state index in [4.69, 9.17) is 4.18 Å². The summed E-state index contributed by atoms with van der Waals surface area (Å²) in [4.78, 5) is 9.66. The van der Waals surface area contributed by atoms with Crippen LogP contribution in [-0.2, 0) is 14.3 Å². The van der Waals surface area contributed by atoms with Crippen molar-refractivity contribution < 1.29 is 17.5 Å². The maximum atomic E-state index is 11.7. The molecular weight excluding hydrogens is 462 g/mol. The number of hydrogen-bond donors (Lipinski definition) is 0. The third kappa shape index (κ3) is 4.92. The van der Waals surface area contributed by atoms with E-state index in [9.17, 15) is 18.5 Å². The number of halogens is 3. The standard InChI is InChI=1S/C8H6Br3NO5S/c9-8(10,11)5-17-18(15,16)7-3-1-6(2-4-7)12(13)14/h1-4H,5H2. The minimum absolute atomic E-state index is 0.148. The number of hydrogen-bond acceptors (Lipinski definition) is 5. The van der Waals surface area contributed by atoms with Crippen molar-refractivity contribution in [1.82, 2.24) is 0 Å². The molecule has 0 saturated carbocycles. The van der Waals surface area contributed by atoms with E-state index in [0.29, 0.717) is 0 Å². The molecule has 6 nitrogen and oxygen atoms in total. The van der Waals surface area contributed by atoms with E-state index >= 15 is 0 Å². The van der Waals surface area contributed by atoms with Crippen molar-refractivity contribution in [3.05, 3.63) is 34.4 Å². The Balaban J connectivity index is 2.89. The fourth-order valence-electron chi connectivity index (χ4n) is 0.947. The molecule has 0 aliphatic carbocycles. The van der Waals surface area contributed by atoms with Gasteiger partial charge in [0, 0.05) is 12.1 Å². The van der Waals surface area contributed by atoms with Gasteiger partial charge in [0.15, 0.2) is 2.14 Å². The first-order valence-electron chi connectivity index (χ1n) is 4.32. The van der Waals surface area contributed by atoms with Gasteiger partial charge in [0.1, 0.15) is 6.61 Å². The molecule has 0 N–H and O–H groups in total. The molecule has 0 aromatic heterocycles. The molecule has 1 aromatic carbocycles. The molecule has 0 unspecified atom stereocenters. The zero-order chi connectivity index (χ0) is 14.0. The lowest BCUT2D eigenvalue weighted by molar-refractivity contribution is -0.384. The van der Waals surface area contributed by atoms with Gasteiger partial charge in [-0.1, -0.05) is 47.8 Å². The summed E-state index contributed by atoms with van der Waals surface area (Å²) in [6.07, 6.45) is 0. The molecule has 0 bridgehead atoms. The Labute approximate surface area is 128 Å². The van der Waals surface area contributed by atoms with Crippen LogP contribution < -0.4 is 0 Å². The zero-order valence-corrected chi connectivity index (χ0v) is 14.1. The van der Waals surface area contributed by atoms with Crippen LogP contribution in [0.2, 0.25) is 0 Å². The van der Waals surface area contributed by atoms with E-state index in [2.05, 4.69) is 47.8 Å². The SMILES string of the molecule is O=[N+]([O-])c1ccc(S(=O)(=O)OCC(Br)(Br)Br)cc1. The van der Waals surface area contributed by atoms with Crippen molar-refractivity contribution in [2.75, 3.05) is 6.61 Å². The van der Waals surface area contributed by atoms with Crippen molar-refractivity contribution >= 4 is 63.6 Å². The van der Waals surface area contributed by atoms with Gasteiger partial charge in [0.05, 0.1) is 9.82 Å². The van der Waals surface area contributed by atoms with Gasteiger partial charge >= 0.3 is 0 Å². The summed E-state index contributed by atoms with van der Waals surface area (Å²) < 4.78 is 27.3. The van der Waals surface area contributed by atoms with Crippen LogP contribution in [0.1, 0.15) is 0 Å². The van der Waals surface area contributed by atoms with Crippen molar-refractivity contribution in [2.24, 2.45) is 0 Å². The van der Waals surface area contributed by atoms with Gasteiger partial charge in [-0.2, -0.15) is 8.42 Å². The van der Waals surface area contributed by atoms with E-state index in [1.165, 1.54) is 0 Å². The second kappa shape index (κ2) is 5.95. The molecule has 0 fully saturated rings. The topological polar surface area (TPSA) is 86.5 Å². The van der Waals surface area contributed by atoms with Crippen LogP contribution in [0.25, 0.3) is 0 Å². The van der Waals surface area contributed by atoms with Crippen LogP contribution in [-0.4, -0.2) is 22.1 Å². The van der Waals surface area contributed by atoms with Gasteiger partial charge in [0.25, 0.3) is 15.8 Å². The number of nitro benzene ring substituents is 1. The summed E-state index contributed by atoms with van der Waals surface area (Å²) in [5, 5.41) is 10.4. The Kier molecular flexibility index (Phi) is 5.30. The van der Waals surface area contributed by atoms with E-state index in [1.807, 2.05) is 0 Å². The molecule has 0 aliphatic heterocycles. The van der Waals surface area contributed by atoms with E-state index in [1.54, 1.807) is 0 Å². The number of nitro groups is 1. The maximum Gasteiger partial charge on any atom is 0.297 e. The predicted molar refractivity (Wildman–Crippen MR) is 75.7 cm³/mol. The molecule has 1 rings (SSSR count). The van der Waals surface area contributed by atoms with Gasteiger partial charge in [-0.05, 0) is 12.1 Å². The van der Waals surface area contributed by atoms with Crippen LogP contribution >= 0.6 is 47.8 Å². The highest BCUT2D eigenvalue weighted by Gasteiger charge is 2.24. The molecule has 100 valence electrons. The Morgan fingerprint density at radius 2 is 1.72 bits per heavy atom. The van der Waals surface area contributed by atoms with E-state index in [-0.39, 0.29) is 17.2 Å². The maximum absolute atomic E-state index is 11.7. The molecule has 0 heterocycles. The molecule has 10 heteroatoms. The first kappa shape index (κ1) is 16.0. The Morgan fingerprint density at radius 1 is 1.22 bits per heavy atom. The third-order valence-corrected chi connectivity index (χ3v) is 3.68. The minimum Gasteiger partial charge on any atom is -0.263 e. The molecule has 0 atom stereocenters. The lowest BCUT2D eigenvalue weighted by Gasteiger charge is -2.12. The summed E-state index contributed by atoms with van der Waals surface area (Å²) in [6, 6.07) is 4.43. The van der Waals surface area contributed by atoms with E-state index in [0.717, 1.165) is 24.3 Å². The smallest absolute Gasteiger partial charge is 0.263 e. The normalized spacial score (nSPS) is 12.4. The highest BCUT2D eigenvalue weighted by atomic mass is 80.0. The van der Waals surface area contributed by atoms with Crippen molar-refractivity contribution in [3.8, 4) is 0 Å². The molecule has 0 amide bonds. The van der Waals surface area contributed by atoms with Gasteiger partial charge < -0.3 is 0 Å². The van der Waals surface area contributed by atoms with E-state index < -0.39 is 17.2 Å². The van der Waals surface area contributed by atoms with Crippen LogP contribution in [0, 0.1) is 10.1 Å². The average molecular weight is 468 g/mol. The molecule has 0 radical (unpaired) electrons. The van der Waals surface area contributed by atoms with Crippen LogP contribution in [0.5, 0.6) is 0 Å². The molecular formula is C8H6Br3NO5S. The summed E-state index contributed by atoms with van der Waals surface area (Å²) in [5.74, 6) is 0. The third-order valence-electron chi connectivity index (χ3n) is 1.71. The lowest BCUT2D eigenvalue weighted by Crippen LogP contribution is -2.16. The fraction of sp³-hybridized carbons (Fsp3) is 0.250. The van der Waals surface area contributed by atoms with Gasteiger partial charge in [-0.25, -0.2) is 0 Å². The highest BCUT2D eigenvalue weighted by Crippen LogP contribution is 2.34. The Bertz CT molecular complexity index is 537. The summed E-state index contributed by atoms with van der Waals surface area (Å²) in [7, 11) is -3.95. The number of rotatable bonds is 4. The molecule has 0 spiro atoms. The molecule has 0 saturated heterocycles. The lowest BCUT2D eigenvalue weighted by atomic mass is 10.3. The molecule has 1 aromatic rings. The fourth-order valence-corrected chi connectivity index (χ4v) is 2.68. The average Bonchev–Trinajstić information content (AvgIpc) is 2.26. The van der Waals surface area contributed by atoms with Crippen LogP contribution in [0.15, 0.2) is 29.2 Å². The minimum atomic E-state index is -3.95. The predicted octanol–water partition coefficient (Wildman–Crippen LogP) is 3.14. The van der Waals surface area contributed by atoms with Crippen molar-refractivity contribution in [3.63, 3.8) is 0 Å². The Morgan fingerprint density at radius 3 is 2.11 bits per heavy atom. The van der Waals surface area contributed by atoms with Crippen LogP contribution in [0.3, 0.4) is 0 Å². The summed E-state index contributed by atoms with van der Waals surface area (Å²) >= 11 is 9.27. The number of non-ortho nitro benzene ring substituents is 1. The first-order chi connectivity index (χ1) is 8.12. The number of benzene rings is 1. The van der Waals surface area contributed by atoms with Crippen LogP contribution in [0.4, 0.5) is 5.69 Å². The van der Waals surface area contributed by atoms with Gasteiger partial charge in [-0.15, -0.1) is 0 Å². The zero-order valence-electron chi connectivity index (χ0n) is 8.55. The molecule has 18 heavy (non-hydrogen) atoms. The van der Waals surface area contributed by atoms with Gasteiger partial charge in [0.2, 0.25) is 0 Å². The highest BCUT2D eigenvalue weighted by molar-refractivity contribution is 9.39. The largest absolute Gasteiger partial charge is 0.297 e. The van der Waals surface area contributed by atoms with Gasteiger partial charge in [-0.3, -0.25) is 14.3 Å². The molecule has 0 aliphatic rings. The quantitative estimate of drug-likeness (QED) is 0.294. The Hall–Kier alpha value is -0.0300. The summed E-state index contributed by atoms with van der Waals surface area (Å²) in [5.41, 5.74) is -0.190. The number of alkyl halides is 3. The second-order valence-electron chi connectivity index (χ2n) is 3.08. The second-order valence-corrected chi connectivity index (χ2v) is 12.0.